The van der Waals surface area contributed by atoms with Crippen LogP contribution in [-0.2, 0) is 4.74 Å². The minimum atomic E-state index is -0.417. The van der Waals surface area contributed by atoms with Gasteiger partial charge in [-0.05, 0) is 66.7 Å². The number of carbonyl (C=O) groups excluding carboxylic acids is 1. The number of aromatic hydroxyl groups is 1. The number of urea groups is 1. The number of pyridine rings is 1. The number of fused-ring (bicyclic) bond motifs is 1. The number of nitrogens with one attached hydrogen (secondary N) is 2. The van der Waals surface area contributed by atoms with Crippen LogP contribution < -0.4 is 20.1 Å². The van der Waals surface area contributed by atoms with Gasteiger partial charge in [0.05, 0.1) is 18.7 Å². The minimum Gasteiger partial charge on any atom is -0.508 e. The molecule has 0 radical (unpaired) electrons. The molecule has 3 aromatic carbocycles. The fourth-order valence-electron chi connectivity index (χ4n) is 3.24. The monoisotopic (exact) mass is 470 g/mol. The summed E-state index contributed by atoms with van der Waals surface area (Å²) in [5.74, 6) is 1.64. The first-order chi connectivity index (χ1) is 17.1. The van der Waals surface area contributed by atoms with Crippen molar-refractivity contribution in [1.82, 2.24) is 4.98 Å². The van der Waals surface area contributed by atoms with Crippen molar-refractivity contribution in [3.63, 3.8) is 0 Å². The van der Waals surface area contributed by atoms with Gasteiger partial charge >= 0.3 is 6.03 Å². The van der Waals surface area contributed by atoms with Gasteiger partial charge in [-0.25, -0.2) is 9.64 Å². The van der Waals surface area contributed by atoms with Crippen LogP contribution >= 0.6 is 0 Å². The molecule has 3 N–H and O–H groups in total. The zero-order valence-electron chi connectivity index (χ0n) is 18.8. The highest BCUT2D eigenvalue weighted by Crippen LogP contribution is 2.37. The van der Waals surface area contributed by atoms with Crippen LogP contribution in [0.5, 0.6) is 23.0 Å². The van der Waals surface area contributed by atoms with Gasteiger partial charge < -0.3 is 30.0 Å². The van der Waals surface area contributed by atoms with E-state index in [2.05, 4.69) is 20.5 Å². The number of benzene rings is 3. The lowest BCUT2D eigenvalue weighted by Gasteiger charge is -2.13. The minimum absolute atomic E-state index is 0.120. The number of nitrogens with zero attached hydrogens (tertiary/aromatic N) is 2. The third kappa shape index (κ3) is 5.96. The number of phenols is 1. The normalized spacial score (nSPS) is 10.4. The van der Waals surface area contributed by atoms with E-state index in [9.17, 15) is 9.90 Å². The zero-order chi connectivity index (χ0) is 24.6. The Labute approximate surface area is 201 Å². The second-order valence-corrected chi connectivity index (χ2v) is 7.35. The van der Waals surface area contributed by atoms with Crippen LogP contribution in [0.3, 0.4) is 0 Å². The smallest absolute Gasteiger partial charge is 0.323 e. The van der Waals surface area contributed by atoms with E-state index < -0.39 is 6.03 Å². The number of hydrogen-bond acceptors (Lipinski definition) is 6. The summed E-state index contributed by atoms with van der Waals surface area (Å²) in [6.45, 7) is 8.23. The van der Waals surface area contributed by atoms with Gasteiger partial charge in [0.15, 0.2) is 0 Å². The van der Waals surface area contributed by atoms with E-state index in [0.717, 1.165) is 0 Å². The predicted octanol–water partition coefficient (Wildman–Crippen LogP) is 5.95. The Hall–Kier alpha value is -4.81. The Balaban J connectivity index is 1.46. The standard InChI is InChI=1S/C26H22N4O5/c1-27-23-15-21-22(16-25(23)34-14-13-33-2)28-12-11-24(21)35-20-9-5-18(6-10-20)30-26(32)29-17-3-7-19(31)8-4-17/h3-12,15-16,31H,13-14H2,2H3,(H2,29,30,32). The molecule has 0 aliphatic rings. The number of amides is 2. The number of ether oxygens (including phenoxy) is 3. The number of anilines is 2. The number of carbonyl (C=O) groups is 1. The second-order valence-electron chi connectivity index (χ2n) is 7.35. The number of aromatic nitrogens is 1. The van der Waals surface area contributed by atoms with E-state index in [1.165, 1.54) is 12.1 Å². The summed E-state index contributed by atoms with van der Waals surface area (Å²) in [5.41, 5.74) is 2.11. The lowest BCUT2D eigenvalue weighted by Crippen LogP contribution is -2.19. The Bertz CT molecular complexity index is 1370. The Morgan fingerprint density at radius 1 is 0.971 bits per heavy atom. The van der Waals surface area contributed by atoms with Crippen molar-refractivity contribution in [2.75, 3.05) is 31.0 Å². The molecule has 0 fully saturated rings. The molecule has 0 saturated carbocycles. The number of hydrogen-bond donors (Lipinski definition) is 3. The third-order valence-corrected chi connectivity index (χ3v) is 4.91. The molecule has 0 saturated heterocycles. The van der Waals surface area contributed by atoms with Crippen molar-refractivity contribution in [3.05, 3.63) is 84.3 Å². The maximum atomic E-state index is 12.2. The Morgan fingerprint density at radius 3 is 2.31 bits per heavy atom. The quantitative estimate of drug-likeness (QED) is 0.167. The van der Waals surface area contributed by atoms with E-state index >= 15 is 0 Å². The van der Waals surface area contributed by atoms with Gasteiger partial charge in [-0.1, -0.05) is 0 Å². The largest absolute Gasteiger partial charge is 0.508 e. The number of phenolic OH excluding ortho intramolecular Hbond substituents is 1. The van der Waals surface area contributed by atoms with Crippen molar-refractivity contribution in [2.45, 2.75) is 0 Å². The van der Waals surface area contributed by atoms with Gasteiger partial charge in [0, 0.05) is 30.1 Å². The lowest BCUT2D eigenvalue weighted by atomic mass is 10.1. The molecule has 1 heterocycles. The molecule has 0 aliphatic heterocycles. The van der Waals surface area contributed by atoms with Gasteiger partial charge in [-0.3, -0.25) is 4.98 Å². The molecule has 4 aromatic rings. The molecule has 9 heteroatoms. The molecule has 35 heavy (non-hydrogen) atoms. The van der Waals surface area contributed by atoms with Crippen molar-refractivity contribution >= 4 is 34.0 Å². The first-order valence-corrected chi connectivity index (χ1v) is 10.6. The first-order valence-electron chi connectivity index (χ1n) is 10.6. The summed E-state index contributed by atoms with van der Waals surface area (Å²) in [6.07, 6.45) is 1.62. The molecule has 0 bridgehead atoms. The lowest BCUT2D eigenvalue weighted by molar-refractivity contribution is 0.147. The Morgan fingerprint density at radius 2 is 1.66 bits per heavy atom. The molecule has 9 nitrogen and oxygen atoms in total. The van der Waals surface area contributed by atoms with E-state index in [-0.39, 0.29) is 5.75 Å². The SMILES string of the molecule is [C-]#[N+]c1cc2c(Oc3ccc(NC(=O)Nc4ccc(O)cc4)cc3)ccnc2cc1OCCOC. The van der Waals surface area contributed by atoms with Crippen LogP contribution in [-0.4, -0.2) is 36.4 Å². The van der Waals surface area contributed by atoms with Gasteiger partial charge in [0.2, 0.25) is 5.69 Å². The topological polar surface area (TPSA) is 106 Å². The molecule has 4 rings (SSSR count). The van der Waals surface area contributed by atoms with Gasteiger partial charge in [-0.2, -0.15) is 0 Å². The summed E-state index contributed by atoms with van der Waals surface area (Å²) in [5, 5.41) is 15.4. The van der Waals surface area contributed by atoms with E-state index in [1.54, 1.807) is 67.9 Å². The number of rotatable bonds is 8. The molecule has 0 aliphatic carbocycles. The molecule has 2 amide bonds. The van der Waals surface area contributed by atoms with Crippen molar-refractivity contribution in [3.8, 4) is 23.0 Å². The molecular formula is C26H22N4O5. The summed E-state index contributed by atoms with van der Waals surface area (Å²) < 4.78 is 16.7. The third-order valence-electron chi connectivity index (χ3n) is 4.91. The molecule has 0 unspecified atom stereocenters. The predicted molar refractivity (Wildman–Crippen MR) is 133 cm³/mol. The summed E-state index contributed by atoms with van der Waals surface area (Å²) in [6, 6.07) is 17.7. The molecule has 1 aromatic heterocycles. The molecular weight excluding hydrogens is 448 g/mol. The van der Waals surface area contributed by atoms with Crippen LogP contribution in [0.1, 0.15) is 0 Å². The van der Waals surface area contributed by atoms with Crippen LogP contribution in [0.25, 0.3) is 15.7 Å². The van der Waals surface area contributed by atoms with E-state index in [0.29, 0.717) is 58.4 Å². The molecule has 176 valence electrons. The van der Waals surface area contributed by atoms with Crippen LogP contribution in [0.4, 0.5) is 21.9 Å². The van der Waals surface area contributed by atoms with Gasteiger partial charge in [0.25, 0.3) is 0 Å². The first kappa shape index (κ1) is 23.4. The zero-order valence-corrected chi connectivity index (χ0v) is 18.8. The summed E-state index contributed by atoms with van der Waals surface area (Å²) in [7, 11) is 1.58. The van der Waals surface area contributed by atoms with Gasteiger partial charge in [0.1, 0.15) is 29.6 Å². The van der Waals surface area contributed by atoms with Crippen LogP contribution in [0.15, 0.2) is 72.9 Å². The maximum absolute atomic E-state index is 12.2. The van der Waals surface area contributed by atoms with Crippen molar-refractivity contribution < 1.29 is 24.1 Å². The second kappa shape index (κ2) is 10.9. The number of methoxy groups -OCH3 is 1. The van der Waals surface area contributed by atoms with Crippen molar-refractivity contribution in [2.24, 2.45) is 0 Å². The van der Waals surface area contributed by atoms with E-state index in [4.69, 9.17) is 20.8 Å². The highest BCUT2D eigenvalue weighted by Gasteiger charge is 2.12. The van der Waals surface area contributed by atoms with Crippen LogP contribution in [0.2, 0.25) is 0 Å². The average molecular weight is 470 g/mol. The highest BCUT2D eigenvalue weighted by atomic mass is 16.5. The molecule has 0 spiro atoms. The van der Waals surface area contributed by atoms with Gasteiger partial charge in [-0.15, -0.1) is 0 Å². The van der Waals surface area contributed by atoms with Crippen molar-refractivity contribution in [1.29, 1.82) is 0 Å². The fourth-order valence-corrected chi connectivity index (χ4v) is 3.24. The average Bonchev–Trinajstić information content (AvgIpc) is 2.86. The Kier molecular flexibility index (Phi) is 7.25. The van der Waals surface area contributed by atoms with E-state index in [1.807, 2.05) is 0 Å². The molecule has 0 atom stereocenters. The summed E-state index contributed by atoms with van der Waals surface area (Å²) in [4.78, 5) is 20.1. The fraction of sp³-hybridized carbons (Fsp3) is 0.115. The summed E-state index contributed by atoms with van der Waals surface area (Å²) >= 11 is 0. The highest BCUT2D eigenvalue weighted by molar-refractivity contribution is 5.99. The van der Waals surface area contributed by atoms with Crippen LogP contribution in [0, 0.1) is 6.57 Å². The maximum Gasteiger partial charge on any atom is 0.323 e.